The van der Waals surface area contributed by atoms with E-state index < -0.39 is 11.6 Å². The van der Waals surface area contributed by atoms with Crippen molar-refractivity contribution in [3.8, 4) is 0 Å². The molecule has 1 aromatic rings. The topological polar surface area (TPSA) is 29.3 Å². The van der Waals surface area contributed by atoms with Crippen LogP contribution in [0.2, 0.25) is 0 Å². The molecule has 0 unspecified atom stereocenters. The summed E-state index contributed by atoms with van der Waals surface area (Å²) >= 11 is 0. The van der Waals surface area contributed by atoms with Gasteiger partial charge in [0, 0.05) is 30.9 Å². The zero-order valence-electron chi connectivity index (χ0n) is 8.63. The van der Waals surface area contributed by atoms with Crippen LogP contribution in [0.4, 0.5) is 14.5 Å². The fourth-order valence-electron chi connectivity index (χ4n) is 1.99. The smallest absolute Gasteiger partial charge is 0.160 e. The van der Waals surface area contributed by atoms with Crippen LogP contribution in [0.25, 0.3) is 0 Å². The molecule has 0 saturated carbocycles. The highest BCUT2D eigenvalue weighted by molar-refractivity contribution is 5.58. The average Bonchev–Trinajstić information content (AvgIpc) is 2.49. The molecule has 1 aromatic carbocycles. The number of benzene rings is 1. The molecule has 0 bridgehead atoms. The summed E-state index contributed by atoms with van der Waals surface area (Å²) in [7, 11) is 0. The lowest BCUT2D eigenvalue weighted by atomic mass is 10.1. The molecule has 1 heterocycles. The van der Waals surface area contributed by atoms with Crippen molar-refractivity contribution in [1.82, 2.24) is 0 Å². The molecule has 2 rings (SSSR count). The van der Waals surface area contributed by atoms with Crippen molar-refractivity contribution in [2.75, 3.05) is 18.0 Å². The van der Waals surface area contributed by atoms with Crippen LogP contribution in [0.1, 0.15) is 12.5 Å². The number of rotatable bonds is 2. The first-order valence-corrected chi connectivity index (χ1v) is 5.06. The molecule has 0 saturated heterocycles. The van der Waals surface area contributed by atoms with Gasteiger partial charge in [0.1, 0.15) is 0 Å². The summed E-state index contributed by atoms with van der Waals surface area (Å²) in [6.45, 7) is 3.37. The Kier molecular flexibility index (Phi) is 2.61. The van der Waals surface area contributed by atoms with Gasteiger partial charge >= 0.3 is 0 Å². The number of halogens is 2. The van der Waals surface area contributed by atoms with Crippen molar-refractivity contribution >= 4 is 5.69 Å². The van der Waals surface area contributed by atoms with Crippen LogP contribution in [0, 0.1) is 11.6 Å². The van der Waals surface area contributed by atoms with E-state index in [1.54, 1.807) is 0 Å². The number of nitrogens with two attached hydrogens (primary N) is 1. The summed E-state index contributed by atoms with van der Waals surface area (Å²) < 4.78 is 26.0. The maximum atomic E-state index is 13.1. The molecule has 2 nitrogen and oxygen atoms in total. The Morgan fingerprint density at radius 1 is 1.40 bits per heavy atom. The van der Waals surface area contributed by atoms with Crippen molar-refractivity contribution in [3.05, 3.63) is 29.3 Å². The van der Waals surface area contributed by atoms with Gasteiger partial charge < -0.3 is 10.6 Å². The maximum absolute atomic E-state index is 13.1. The highest BCUT2D eigenvalue weighted by Gasteiger charge is 2.22. The van der Waals surface area contributed by atoms with Gasteiger partial charge in [-0.15, -0.1) is 0 Å². The summed E-state index contributed by atoms with van der Waals surface area (Å²) in [6, 6.07) is 2.58. The normalized spacial score (nSPS) is 16.7. The molecule has 0 aliphatic carbocycles. The average molecular weight is 212 g/mol. The van der Waals surface area contributed by atoms with Gasteiger partial charge in [0.2, 0.25) is 0 Å². The van der Waals surface area contributed by atoms with Crippen molar-refractivity contribution in [3.63, 3.8) is 0 Å². The molecular formula is C11H14F2N2. The van der Waals surface area contributed by atoms with Crippen LogP contribution in [0.5, 0.6) is 0 Å². The molecule has 4 heteroatoms. The van der Waals surface area contributed by atoms with E-state index in [4.69, 9.17) is 5.73 Å². The van der Waals surface area contributed by atoms with E-state index in [2.05, 4.69) is 0 Å². The van der Waals surface area contributed by atoms with Gasteiger partial charge in [0.15, 0.2) is 11.6 Å². The monoisotopic (exact) mass is 212 g/mol. The molecule has 15 heavy (non-hydrogen) atoms. The van der Waals surface area contributed by atoms with Crippen molar-refractivity contribution in [2.24, 2.45) is 5.73 Å². The summed E-state index contributed by atoms with van der Waals surface area (Å²) in [4.78, 5) is 2.00. The Bertz CT molecular complexity index is 377. The fraction of sp³-hybridized carbons (Fsp3) is 0.455. The minimum Gasteiger partial charge on any atom is -0.369 e. The lowest BCUT2D eigenvalue weighted by Crippen LogP contribution is -2.34. The van der Waals surface area contributed by atoms with Crippen molar-refractivity contribution in [2.45, 2.75) is 19.4 Å². The first kappa shape index (κ1) is 10.4. The number of fused-ring (bicyclic) bond motifs is 1. The van der Waals surface area contributed by atoms with Gasteiger partial charge in [0.25, 0.3) is 0 Å². The van der Waals surface area contributed by atoms with Crippen LogP contribution in [0.15, 0.2) is 12.1 Å². The Balaban J connectivity index is 2.30. The van der Waals surface area contributed by atoms with Gasteiger partial charge in [0.05, 0.1) is 0 Å². The number of nitrogens with zero attached hydrogens (tertiary/aromatic N) is 1. The van der Waals surface area contributed by atoms with Gasteiger partial charge in [-0.1, -0.05) is 0 Å². The first-order chi connectivity index (χ1) is 7.08. The predicted octanol–water partition coefficient (Wildman–Crippen LogP) is 1.67. The third-order valence-electron chi connectivity index (χ3n) is 2.62. The Labute approximate surface area is 87.7 Å². The number of hydrogen-bond donors (Lipinski definition) is 1. The van der Waals surface area contributed by atoms with Crippen LogP contribution in [-0.2, 0) is 6.42 Å². The quantitative estimate of drug-likeness (QED) is 0.808. The molecule has 0 amide bonds. The third-order valence-corrected chi connectivity index (χ3v) is 2.62. The Morgan fingerprint density at radius 2 is 2.07 bits per heavy atom. The van der Waals surface area contributed by atoms with Crippen LogP contribution in [-0.4, -0.2) is 19.1 Å². The summed E-state index contributed by atoms with van der Waals surface area (Å²) in [5.41, 5.74) is 7.34. The highest BCUT2D eigenvalue weighted by atomic mass is 19.2. The van der Waals surface area contributed by atoms with Crippen LogP contribution < -0.4 is 10.6 Å². The van der Waals surface area contributed by atoms with Crippen LogP contribution in [0.3, 0.4) is 0 Å². The second-order valence-corrected chi connectivity index (χ2v) is 4.07. The minimum atomic E-state index is -0.787. The molecular weight excluding hydrogens is 198 g/mol. The van der Waals surface area contributed by atoms with Gasteiger partial charge in [-0.25, -0.2) is 8.78 Å². The molecule has 1 atom stereocenters. The van der Waals surface area contributed by atoms with E-state index in [9.17, 15) is 8.78 Å². The lowest BCUT2D eigenvalue weighted by molar-refractivity contribution is 0.508. The van der Waals surface area contributed by atoms with E-state index in [1.165, 1.54) is 12.1 Å². The number of hydrogen-bond acceptors (Lipinski definition) is 2. The standard InChI is InChI=1S/C11H14F2N2/c1-7(14)6-15-3-2-8-4-9(12)10(13)5-11(8)15/h4-5,7H,2-3,6,14H2,1H3/t7-/m0/s1. The molecule has 0 fully saturated rings. The molecule has 0 spiro atoms. The van der Waals surface area contributed by atoms with Crippen molar-refractivity contribution < 1.29 is 8.78 Å². The van der Waals surface area contributed by atoms with Crippen LogP contribution >= 0.6 is 0 Å². The fourth-order valence-corrected chi connectivity index (χ4v) is 1.99. The van der Waals surface area contributed by atoms with Gasteiger partial charge in [-0.3, -0.25) is 0 Å². The largest absolute Gasteiger partial charge is 0.369 e. The van der Waals surface area contributed by atoms with E-state index >= 15 is 0 Å². The Hall–Kier alpha value is -1.16. The molecule has 0 radical (unpaired) electrons. The predicted molar refractivity (Wildman–Crippen MR) is 55.9 cm³/mol. The van der Waals surface area contributed by atoms with E-state index in [-0.39, 0.29) is 6.04 Å². The molecule has 0 aromatic heterocycles. The van der Waals surface area contributed by atoms with E-state index in [1.807, 2.05) is 11.8 Å². The second-order valence-electron chi connectivity index (χ2n) is 4.07. The first-order valence-electron chi connectivity index (χ1n) is 5.06. The molecule has 2 N–H and O–H groups in total. The Morgan fingerprint density at radius 3 is 2.73 bits per heavy atom. The summed E-state index contributed by atoms with van der Waals surface area (Å²) in [5.74, 6) is -1.55. The molecule has 1 aliphatic rings. The SMILES string of the molecule is C[C@H](N)CN1CCc2cc(F)c(F)cc21. The van der Waals surface area contributed by atoms with Gasteiger partial charge in [-0.2, -0.15) is 0 Å². The van der Waals surface area contributed by atoms with E-state index in [0.717, 1.165) is 24.2 Å². The maximum Gasteiger partial charge on any atom is 0.160 e. The summed E-state index contributed by atoms with van der Waals surface area (Å²) in [6.07, 6.45) is 0.763. The second kappa shape index (κ2) is 3.77. The number of anilines is 1. The third kappa shape index (κ3) is 1.95. The zero-order chi connectivity index (χ0) is 11.0. The zero-order valence-corrected chi connectivity index (χ0v) is 8.63. The minimum absolute atomic E-state index is 0.0315. The summed E-state index contributed by atoms with van der Waals surface area (Å²) in [5, 5.41) is 0. The molecule has 1 aliphatic heterocycles. The molecule has 82 valence electrons. The highest BCUT2D eigenvalue weighted by Crippen LogP contribution is 2.29. The van der Waals surface area contributed by atoms with E-state index in [0.29, 0.717) is 6.54 Å². The van der Waals surface area contributed by atoms with Crippen molar-refractivity contribution in [1.29, 1.82) is 0 Å². The lowest BCUT2D eigenvalue weighted by Gasteiger charge is -2.21. The van der Waals surface area contributed by atoms with Gasteiger partial charge in [-0.05, 0) is 25.0 Å².